The highest BCUT2D eigenvalue weighted by Crippen LogP contribution is 2.20. The first kappa shape index (κ1) is 15.3. The minimum absolute atomic E-state index is 0.189. The molecule has 0 fully saturated rings. The zero-order valence-corrected chi connectivity index (χ0v) is 14.4. The van der Waals surface area contributed by atoms with E-state index in [2.05, 4.69) is 10.1 Å². The Balaban J connectivity index is 1.81. The molecule has 2 aromatic heterocycles. The van der Waals surface area contributed by atoms with Gasteiger partial charge >= 0.3 is 0 Å². The molecule has 0 saturated carbocycles. The summed E-state index contributed by atoms with van der Waals surface area (Å²) in [7, 11) is 0. The van der Waals surface area contributed by atoms with Gasteiger partial charge in [0, 0.05) is 15.6 Å². The number of nitrogens with zero attached hydrogens (tertiary/aromatic N) is 3. The molecular formula is C17H9Cl2N3OS. The molecule has 2 heterocycles. The molecular weight excluding hydrogens is 365 g/mol. The summed E-state index contributed by atoms with van der Waals surface area (Å²) in [6.07, 6.45) is 1.80. The van der Waals surface area contributed by atoms with Gasteiger partial charge < -0.3 is 0 Å². The number of thiazole rings is 1. The molecule has 0 aliphatic heterocycles. The van der Waals surface area contributed by atoms with Crippen molar-refractivity contribution < 1.29 is 0 Å². The predicted molar refractivity (Wildman–Crippen MR) is 97.8 cm³/mol. The van der Waals surface area contributed by atoms with Gasteiger partial charge in [0.1, 0.15) is 0 Å². The summed E-state index contributed by atoms with van der Waals surface area (Å²) in [5.74, 6) is 0.485. The Hall–Kier alpha value is -2.21. The summed E-state index contributed by atoms with van der Waals surface area (Å²) in [4.78, 5) is 17.5. The van der Waals surface area contributed by atoms with Gasteiger partial charge in [-0.2, -0.15) is 9.50 Å². The molecule has 0 amide bonds. The van der Waals surface area contributed by atoms with Crippen LogP contribution in [0.5, 0.6) is 0 Å². The normalized spacial score (nSPS) is 12.2. The van der Waals surface area contributed by atoms with Gasteiger partial charge in [0.05, 0.1) is 4.53 Å². The van der Waals surface area contributed by atoms with Crippen molar-refractivity contribution in [2.24, 2.45) is 0 Å². The highest BCUT2D eigenvalue weighted by molar-refractivity contribution is 7.15. The van der Waals surface area contributed by atoms with Crippen LogP contribution in [0.3, 0.4) is 0 Å². The van der Waals surface area contributed by atoms with Crippen molar-refractivity contribution in [2.45, 2.75) is 0 Å². The van der Waals surface area contributed by atoms with E-state index in [0.29, 0.717) is 25.4 Å². The van der Waals surface area contributed by atoms with Crippen molar-refractivity contribution >= 4 is 45.6 Å². The Labute approximate surface area is 150 Å². The molecule has 0 atom stereocenters. The molecule has 0 unspecified atom stereocenters. The second kappa shape index (κ2) is 6.02. The zero-order chi connectivity index (χ0) is 16.7. The summed E-state index contributed by atoms with van der Waals surface area (Å²) in [6.45, 7) is 0. The second-order valence-electron chi connectivity index (χ2n) is 5.11. The van der Waals surface area contributed by atoms with Crippen molar-refractivity contribution in [3.8, 4) is 11.4 Å². The quantitative estimate of drug-likeness (QED) is 0.538. The summed E-state index contributed by atoms with van der Waals surface area (Å²) in [5, 5.41) is 5.56. The minimum Gasteiger partial charge on any atom is -0.266 e. The average molecular weight is 374 g/mol. The fourth-order valence-corrected chi connectivity index (χ4v) is 3.52. The first-order valence-corrected chi connectivity index (χ1v) is 8.60. The lowest BCUT2D eigenvalue weighted by molar-refractivity contribution is 0.937. The molecule has 4 aromatic rings. The highest BCUT2D eigenvalue weighted by atomic mass is 35.5. The number of rotatable bonds is 2. The first-order valence-electron chi connectivity index (χ1n) is 7.03. The van der Waals surface area contributed by atoms with E-state index < -0.39 is 0 Å². The summed E-state index contributed by atoms with van der Waals surface area (Å²) in [5.41, 5.74) is 1.49. The van der Waals surface area contributed by atoms with Crippen LogP contribution in [0.2, 0.25) is 10.0 Å². The van der Waals surface area contributed by atoms with E-state index in [1.54, 1.807) is 30.3 Å². The predicted octanol–water partition coefficient (Wildman–Crippen LogP) is 3.67. The lowest BCUT2D eigenvalue weighted by Gasteiger charge is -1.94. The van der Waals surface area contributed by atoms with Crippen LogP contribution in [0.15, 0.2) is 53.3 Å². The van der Waals surface area contributed by atoms with E-state index in [1.165, 1.54) is 15.9 Å². The molecule has 0 aliphatic carbocycles. The molecule has 7 heteroatoms. The van der Waals surface area contributed by atoms with Crippen molar-refractivity contribution in [3.05, 3.63) is 79.0 Å². The van der Waals surface area contributed by atoms with Gasteiger partial charge in [-0.15, -0.1) is 5.10 Å². The maximum atomic E-state index is 12.5. The Kier molecular flexibility index (Phi) is 3.84. The van der Waals surface area contributed by atoms with E-state index >= 15 is 0 Å². The Bertz CT molecular complexity index is 1150. The van der Waals surface area contributed by atoms with Gasteiger partial charge in [-0.1, -0.05) is 58.8 Å². The molecule has 0 spiro atoms. The number of hydrogen-bond acceptors (Lipinski definition) is 4. The van der Waals surface area contributed by atoms with E-state index in [1.807, 2.05) is 24.3 Å². The molecule has 4 nitrogen and oxygen atoms in total. The van der Waals surface area contributed by atoms with Gasteiger partial charge in [-0.3, -0.25) is 4.79 Å². The molecule has 4 rings (SSSR count). The van der Waals surface area contributed by atoms with Gasteiger partial charge in [0.15, 0.2) is 5.82 Å². The number of hydrogen-bond donors (Lipinski definition) is 0. The smallest absolute Gasteiger partial charge is 0.266 e. The second-order valence-corrected chi connectivity index (χ2v) is 6.99. The maximum absolute atomic E-state index is 12.5. The zero-order valence-electron chi connectivity index (χ0n) is 12.1. The van der Waals surface area contributed by atoms with Crippen LogP contribution in [0, 0.1) is 0 Å². The van der Waals surface area contributed by atoms with Crippen molar-refractivity contribution in [1.29, 1.82) is 0 Å². The summed E-state index contributed by atoms with van der Waals surface area (Å²) >= 11 is 13.2. The monoisotopic (exact) mass is 373 g/mol. The first-order chi connectivity index (χ1) is 11.6. The standard InChI is InChI=1S/C17H9Cl2N3OS/c18-12-6-4-10(5-7-12)8-14-16(23)22-17(24-14)20-15(21-22)11-2-1-3-13(19)9-11/h1-9H/b14-8-. The average Bonchev–Trinajstić information content (AvgIpc) is 3.10. The largest absolute Gasteiger partial charge is 0.291 e. The van der Waals surface area contributed by atoms with E-state index in [9.17, 15) is 4.79 Å². The Morgan fingerprint density at radius 3 is 2.54 bits per heavy atom. The SMILES string of the molecule is O=c1/c(=C/c2ccc(Cl)cc2)sc2nc(-c3cccc(Cl)c3)nn12. The van der Waals surface area contributed by atoms with Crippen LogP contribution in [0.25, 0.3) is 22.4 Å². The summed E-state index contributed by atoms with van der Waals surface area (Å²) < 4.78 is 1.90. The van der Waals surface area contributed by atoms with Gasteiger partial charge in [0.25, 0.3) is 5.56 Å². The van der Waals surface area contributed by atoms with Crippen molar-refractivity contribution in [1.82, 2.24) is 14.6 Å². The molecule has 0 saturated heterocycles. The number of benzene rings is 2. The molecule has 0 N–H and O–H groups in total. The Morgan fingerprint density at radius 2 is 1.83 bits per heavy atom. The fraction of sp³-hybridized carbons (Fsp3) is 0. The van der Waals surface area contributed by atoms with Crippen molar-refractivity contribution in [3.63, 3.8) is 0 Å². The highest BCUT2D eigenvalue weighted by Gasteiger charge is 2.12. The maximum Gasteiger partial charge on any atom is 0.291 e. The number of fused-ring (bicyclic) bond motifs is 1. The molecule has 24 heavy (non-hydrogen) atoms. The van der Waals surface area contributed by atoms with E-state index in [0.717, 1.165) is 11.1 Å². The van der Waals surface area contributed by atoms with Crippen LogP contribution in [0.4, 0.5) is 0 Å². The third kappa shape index (κ3) is 2.82. The molecule has 0 radical (unpaired) electrons. The molecule has 118 valence electrons. The van der Waals surface area contributed by atoms with Crippen LogP contribution in [-0.2, 0) is 0 Å². The van der Waals surface area contributed by atoms with Crippen LogP contribution in [0.1, 0.15) is 5.56 Å². The van der Waals surface area contributed by atoms with E-state index in [-0.39, 0.29) is 5.56 Å². The van der Waals surface area contributed by atoms with Gasteiger partial charge in [0.2, 0.25) is 4.96 Å². The van der Waals surface area contributed by atoms with Gasteiger partial charge in [-0.25, -0.2) is 0 Å². The lowest BCUT2D eigenvalue weighted by atomic mass is 10.2. The van der Waals surface area contributed by atoms with E-state index in [4.69, 9.17) is 23.2 Å². The number of aromatic nitrogens is 3. The molecule has 0 bridgehead atoms. The molecule has 0 aliphatic rings. The van der Waals surface area contributed by atoms with Crippen LogP contribution >= 0.6 is 34.5 Å². The lowest BCUT2D eigenvalue weighted by Crippen LogP contribution is -2.23. The third-order valence-electron chi connectivity index (χ3n) is 3.43. The molecule has 2 aromatic carbocycles. The summed E-state index contributed by atoms with van der Waals surface area (Å²) in [6, 6.07) is 14.5. The van der Waals surface area contributed by atoms with Crippen LogP contribution in [-0.4, -0.2) is 14.6 Å². The van der Waals surface area contributed by atoms with Gasteiger partial charge in [-0.05, 0) is 35.9 Å². The number of halogens is 2. The van der Waals surface area contributed by atoms with Crippen molar-refractivity contribution in [2.75, 3.05) is 0 Å². The Morgan fingerprint density at radius 1 is 1.04 bits per heavy atom. The van der Waals surface area contributed by atoms with Crippen LogP contribution < -0.4 is 10.1 Å². The topological polar surface area (TPSA) is 47.3 Å². The third-order valence-corrected chi connectivity index (χ3v) is 4.88. The minimum atomic E-state index is -0.189. The fourth-order valence-electron chi connectivity index (χ4n) is 2.29.